The standard InChI is InChI=1S/C20H27N3O2S/c1-4-16-8-5-6-10-18(16)22-19(24)14-23(3)15(2)20(25)21-12-11-17-9-7-13-26-17/h5-10,13,15H,4,11-12,14H2,1-3H3,(H,21,25)(H,22,24)/p+1/t15-/m0/s1. The summed E-state index contributed by atoms with van der Waals surface area (Å²) in [6, 6.07) is 11.6. The van der Waals surface area contributed by atoms with Gasteiger partial charge in [-0.3, -0.25) is 9.59 Å². The van der Waals surface area contributed by atoms with E-state index in [-0.39, 0.29) is 24.4 Å². The summed E-state index contributed by atoms with van der Waals surface area (Å²) in [5.41, 5.74) is 1.96. The van der Waals surface area contributed by atoms with Crippen LogP contribution in [0.4, 0.5) is 5.69 Å². The highest BCUT2D eigenvalue weighted by molar-refractivity contribution is 7.09. The summed E-state index contributed by atoms with van der Waals surface area (Å²) in [5.74, 6) is -0.109. The van der Waals surface area contributed by atoms with Crippen molar-refractivity contribution in [2.45, 2.75) is 32.7 Å². The third-order valence-electron chi connectivity index (χ3n) is 4.49. The molecule has 1 unspecified atom stereocenters. The third-order valence-corrected chi connectivity index (χ3v) is 5.43. The predicted octanol–water partition coefficient (Wildman–Crippen LogP) is 1.51. The van der Waals surface area contributed by atoms with Gasteiger partial charge >= 0.3 is 0 Å². The van der Waals surface area contributed by atoms with Crippen molar-refractivity contribution in [3.63, 3.8) is 0 Å². The van der Waals surface area contributed by atoms with Crippen molar-refractivity contribution in [1.82, 2.24) is 5.32 Å². The van der Waals surface area contributed by atoms with Gasteiger partial charge in [0, 0.05) is 17.1 Å². The molecule has 1 aromatic heterocycles. The number of carbonyl (C=O) groups is 2. The molecule has 2 atom stereocenters. The van der Waals surface area contributed by atoms with Gasteiger partial charge in [0.15, 0.2) is 12.6 Å². The van der Waals surface area contributed by atoms with Gasteiger partial charge in [-0.15, -0.1) is 11.3 Å². The van der Waals surface area contributed by atoms with E-state index in [1.54, 1.807) is 11.3 Å². The van der Waals surface area contributed by atoms with Crippen molar-refractivity contribution in [1.29, 1.82) is 0 Å². The van der Waals surface area contributed by atoms with E-state index in [0.717, 1.165) is 29.0 Å². The van der Waals surface area contributed by atoms with Crippen molar-refractivity contribution < 1.29 is 14.5 Å². The van der Waals surface area contributed by atoms with Crippen molar-refractivity contribution in [3.8, 4) is 0 Å². The van der Waals surface area contributed by atoms with Crippen LogP contribution in [0.25, 0.3) is 0 Å². The van der Waals surface area contributed by atoms with E-state index in [0.29, 0.717) is 6.54 Å². The van der Waals surface area contributed by atoms with Gasteiger partial charge in [-0.1, -0.05) is 31.2 Å². The third kappa shape index (κ3) is 5.97. The Kier molecular flexibility index (Phi) is 7.81. The summed E-state index contributed by atoms with van der Waals surface area (Å²) >= 11 is 1.69. The first-order chi connectivity index (χ1) is 12.5. The van der Waals surface area contributed by atoms with Crippen LogP contribution in [0.3, 0.4) is 0 Å². The Morgan fingerprint density at radius 3 is 2.65 bits per heavy atom. The summed E-state index contributed by atoms with van der Waals surface area (Å²) in [6.45, 7) is 4.78. The normalized spacial score (nSPS) is 13.0. The fourth-order valence-electron chi connectivity index (χ4n) is 2.69. The first-order valence-electron chi connectivity index (χ1n) is 9.01. The highest BCUT2D eigenvalue weighted by Gasteiger charge is 2.23. The number of carbonyl (C=O) groups excluding carboxylic acids is 2. The molecule has 0 aliphatic carbocycles. The van der Waals surface area contributed by atoms with Crippen LogP contribution in [0, 0.1) is 0 Å². The molecular weight excluding hydrogens is 346 g/mol. The monoisotopic (exact) mass is 374 g/mol. The topological polar surface area (TPSA) is 62.6 Å². The molecule has 2 amide bonds. The number of likely N-dealkylation sites (N-methyl/N-ethyl adjacent to an activating group) is 1. The molecular formula is C20H28N3O2S+. The van der Waals surface area contributed by atoms with Gasteiger partial charge < -0.3 is 15.5 Å². The molecule has 0 saturated carbocycles. The quantitative estimate of drug-likeness (QED) is 0.623. The van der Waals surface area contributed by atoms with Gasteiger partial charge in [0.25, 0.3) is 11.8 Å². The molecule has 140 valence electrons. The van der Waals surface area contributed by atoms with Crippen LogP contribution < -0.4 is 15.5 Å². The van der Waals surface area contributed by atoms with Crippen LogP contribution in [0.5, 0.6) is 0 Å². The number of amides is 2. The molecule has 0 bridgehead atoms. The lowest BCUT2D eigenvalue weighted by molar-refractivity contribution is -0.885. The van der Waals surface area contributed by atoms with Gasteiger partial charge in [0.05, 0.1) is 7.05 Å². The van der Waals surface area contributed by atoms with Crippen LogP contribution in [0.2, 0.25) is 0 Å². The number of thiophene rings is 1. The van der Waals surface area contributed by atoms with Crippen LogP contribution in [0.1, 0.15) is 24.3 Å². The summed E-state index contributed by atoms with van der Waals surface area (Å²) in [7, 11) is 1.87. The van der Waals surface area contributed by atoms with Gasteiger partial charge in [-0.2, -0.15) is 0 Å². The van der Waals surface area contributed by atoms with Crippen LogP contribution >= 0.6 is 11.3 Å². The number of quaternary nitrogens is 1. The zero-order valence-electron chi connectivity index (χ0n) is 15.7. The number of hydrogen-bond donors (Lipinski definition) is 3. The lowest BCUT2D eigenvalue weighted by Gasteiger charge is -2.21. The Morgan fingerprint density at radius 1 is 1.19 bits per heavy atom. The van der Waals surface area contributed by atoms with E-state index in [1.165, 1.54) is 4.88 Å². The number of rotatable bonds is 9. The van der Waals surface area contributed by atoms with Crippen LogP contribution in [0.15, 0.2) is 41.8 Å². The van der Waals surface area contributed by atoms with E-state index in [2.05, 4.69) is 23.6 Å². The SMILES string of the molecule is CCc1ccccc1NC(=O)C[NH+](C)[C@@H](C)C(=O)NCCc1cccs1. The van der Waals surface area contributed by atoms with Gasteiger partial charge in [-0.05, 0) is 42.8 Å². The second kappa shape index (κ2) is 10.1. The van der Waals surface area contributed by atoms with E-state index in [4.69, 9.17) is 0 Å². The maximum atomic E-state index is 12.3. The Morgan fingerprint density at radius 2 is 1.96 bits per heavy atom. The minimum absolute atomic E-state index is 0.0270. The Bertz CT molecular complexity index is 716. The number of aryl methyl sites for hydroxylation is 1. The molecule has 6 heteroatoms. The fourth-order valence-corrected chi connectivity index (χ4v) is 3.40. The molecule has 1 aromatic carbocycles. The molecule has 0 spiro atoms. The summed E-state index contributed by atoms with van der Waals surface area (Å²) in [4.78, 5) is 26.7. The minimum atomic E-state index is -0.287. The highest BCUT2D eigenvalue weighted by Crippen LogP contribution is 2.14. The minimum Gasteiger partial charge on any atom is -0.351 e. The Hall–Kier alpha value is -2.18. The molecule has 0 fully saturated rings. The van der Waals surface area contributed by atoms with Gasteiger partial charge in [0.1, 0.15) is 0 Å². The largest absolute Gasteiger partial charge is 0.351 e. The lowest BCUT2D eigenvalue weighted by atomic mass is 10.1. The predicted molar refractivity (Wildman–Crippen MR) is 107 cm³/mol. The van der Waals surface area contributed by atoms with E-state index >= 15 is 0 Å². The second-order valence-corrected chi connectivity index (χ2v) is 7.46. The molecule has 1 heterocycles. The first kappa shape index (κ1) is 20.1. The summed E-state index contributed by atoms with van der Waals surface area (Å²) < 4.78 is 0. The first-order valence-corrected chi connectivity index (χ1v) is 9.89. The highest BCUT2D eigenvalue weighted by atomic mass is 32.1. The Labute approximate surface area is 159 Å². The fraction of sp³-hybridized carbons (Fsp3) is 0.400. The molecule has 2 aromatic rings. The smallest absolute Gasteiger partial charge is 0.279 e. The zero-order valence-corrected chi connectivity index (χ0v) is 16.5. The van der Waals surface area contributed by atoms with Gasteiger partial charge in [-0.25, -0.2) is 0 Å². The van der Waals surface area contributed by atoms with E-state index < -0.39 is 0 Å². The van der Waals surface area contributed by atoms with E-state index in [1.807, 2.05) is 49.7 Å². The number of benzene rings is 1. The van der Waals surface area contributed by atoms with Crippen LogP contribution in [-0.4, -0.2) is 38.0 Å². The average Bonchev–Trinajstić information content (AvgIpc) is 3.14. The van der Waals surface area contributed by atoms with Gasteiger partial charge in [0.2, 0.25) is 0 Å². The second-order valence-electron chi connectivity index (χ2n) is 6.42. The molecule has 2 rings (SSSR count). The summed E-state index contributed by atoms with van der Waals surface area (Å²) in [5, 5.41) is 7.95. The van der Waals surface area contributed by atoms with Crippen molar-refractivity contribution in [3.05, 3.63) is 52.2 Å². The van der Waals surface area contributed by atoms with Crippen LogP contribution in [-0.2, 0) is 22.4 Å². The molecule has 26 heavy (non-hydrogen) atoms. The summed E-state index contributed by atoms with van der Waals surface area (Å²) in [6.07, 6.45) is 1.70. The maximum Gasteiger partial charge on any atom is 0.279 e. The van der Waals surface area contributed by atoms with Crippen molar-refractivity contribution >= 4 is 28.8 Å². The zero-order chi connectivity index (χ0) is 18.9. The molecule has 0 radical (unpaired) electrons. The molecule has 0 saturated heterocycles. The molecule has 5 nitrogen and oxygen atoms in total. The van der Waals surface area contributed by atoms with Crippen molar-refractivity contribution in [2.75, 3.05) is 25.5 Å². The number of nitrogens with one attached hydrogen (secondary N) is 3. The molecule has 0 aliphatic heterocycles. The number of hydrogen-bond acceptors (Lipinski definition) is 3. The lowest BCUT2D eigenvalue weighted by Crippen LogP contribution is -3.15. The number of anilines is 1. The average molecular weight is 375 g/mol. The maximum absolute atomic E-state index is 12.3. The molecule has 3 N–H and O–H groups in total. The molecule has 0 aliphatic rings. The van der Waals surface area contributed by atoms with E-state index in [9.17, 15) is 9.59 Å². The van der Waals surface area contributed by atoms with Crippen molar-refractivity contribution in [2.24, 2.45) is 0 Å². The number of para-hydroxylation sites is 1. The Balaban J connectivity index is 1.78.